The molecule has 2 atom stereocenters. The summed E-state index contributed by atoms with van der Waals surface area (Å²) in [4.78, 5) is 0. The van der Waals surface area contributed by atoms with E-state index < -0.39 is 0 Å². The Balaban J connectivity index is 1.94. The van der Waals surface area contributed by atoms with Crippen LogP contribution < -0.4 is 0 Å². The number of aryl methyl sites for hydroxylation is 2. The van der Waals surface area contributed by atoms with Gasteiger partial charge in [-0.2, -0.15) is 0 Å². The zero-order valence-corrected chi connectivity index (χ0v) is 27.1. The molecule has 2 nitrogen and oxygen atoms in total. The van der Waals surface area contributed by atoms with Gasteiger partial charge < -0.3 is 10.2 Å². The molecular weight excluding hydrogens is 512 g/mol. The number of phenols is 2. The van der Waals surface area contributed by atoms with E-state index in [1.807, 2.05) is 24.3 Å². The molecule has 0 amide bonds. The molecule has 0 aromatic heterocycles. The van der Waals surface area contributed by atoms with Crippen LogP contribution in [0.1, 0.15) is 124 Å². The molecule has 0 bridgehead atoms. The minimum absolute atomic E-state index is 0.0418. The third-order valence-electron chi connectivity index (χ3n) is 8.78. The summed E-state index contributed by atoms with van der Waals surface area (Å²) in [5.74, 6) is 0.937. The maximum atomic E-state index is 11.4. The quantitative estimate of drug-likeness (QED) is 0.224. The molecule has 0 saturated carbocycles. The third kappa shape index (κ3) is 6.59. The van der Waals surface area contributed by atoms with Crippen molar-refractivity contribution in [1.82, 2.24) is 0 Å². The number of aromatic hydroxyl groups is 2. The first-order valence-corrected chi connectivity index (χ1v) is 15.5. The highest BCUT2D eigenvalue weighted by Crippen LogP contribution is 2.49. The van der Waals surface area contributed by atoms with E-state index in [1.165, 1.54) is 22.3 Å². The van der Waals surface area contributed by atoms with Gasteiger partial charge in [0, 0.05) is 28.9 Å². The van der Waals surface area contributed by atoms with E-state index in [2.05, 4.69) is 123 Å². The minimum Gasteiger partial charge on any atom is -0.508 e. The van der Waals surface area contributed by atoms with Crippen LogP contribution in [0.5, 0.6) is 11.5 Å². The van der Waals surface area contributed by atoms with Crippen LogP contribution in [-0.2, 0) is 0 Å². The van der Waals surface area contributed by atoms with Gasteiger partial charge in [0.2, 0.25) is 0 Å². The van der Waals surface area contributed by atoms with Gasteiger partial charge in [0.1, 0.15) is 11.5 Å². The van der Waals surface area contributed by atoms with Gasteiger partial charge in [0.25, 0.3) is 0 Å². The summed E-state index contributed by atoms with van der Waals surface area (Å²) in [7, 11) is 0. The summed E-state index contributed by atoms with van der Waals surface area (Å²) in [6.07, 6.45) is 2.01. The van der Waals surface area contributed by atoms with Crippen LogP contribution in [0.25, 0.3) is 0 Å². The lowest BCUT2D eigenvalue weighted by Crippen LogP contribution is -2.21. The minimum atomic E-state index is -0.0944. The van der Waals surface area contributed by atoms with E-state index >= 15 is 0 Å². The predicted molar refractivity (Wildman–Crippen MR) is 178 cm³/mol. The van der Waals surface area contributed by atoms with E-state index in [4.69, 9.17) is 0 Å². The largest absolute Gasteiger partial charge is 0.508 e. The lowest BCUT2D eigenvalue weighted by molar-refractivity contribution is 0.346. The zero-order chi connectivity index (χ0) is 30.8. The molecule has 222 valence electrons. The average Bonchev–Trinajstić information content (AvgIpc) is 2.90. The Morgan fingerprint density at radius 1 is 0.548 bits per heavy atom. The van der Waals surface area contributed by atoms with Crippen LogP contribution in [0.15, 0.2) is 84.9 Å². The van der Waals surface area contributed by atoms with Gasteiger partial charge >= 0.3 is 0 Å². The first kappa shape index (κ1) is 31.4. The molecule has 0 aliphatic heterocycles. The Hall–Kier alpha value is -3.52. The fraction of sp³-hybridized carbons (Fsp3) is 0.400. The molecule has 2 unspecified atom stereocenters. The van der Waals surface area contributed by atoms with Crippen LogP contribution in [0.2, 0.25) is 0 Å². The monoisotopic (exact) mass is 562 g/mol. The molecule has 4 rings (SSSR count). The van der Waals surface area contributed by atoms with Crippen LogP contribution in [0.4, 0.5) is 0 Å². The van der Waals surface area contributed by atoms with Crippen molar-refractivity contribution in [2.24, 2.45) is 10.8 Å². The molecule has 2 heteroatoms. The molecule has 4 aromatic rings. The molecule has 0 aliphatic carbocycles. The molecule has 2 N–H and O–H groups in total. The molecule has 42 heavy (non-hydrogen) atoms. The Labute approximate surface area is 254 Å². The fourth-order valence-corrected chi connectivity index (χ4v) is 7.02. The molecule has 0 aliphatic rings. The summed E-state index contributed by atoms with van der Waals surface area (Å²) in [6, 6.07) is 29.6. The highest BCUT2D eigenvalue weighted by molar-refractivity contribution is 5.54. The predicted octanol–water partition coefficient (Wildman–Crippen LogP) is 11.0. The molecular formula is C40H50O2. The van der Waals surface area contributed by atoms with Crippen molar-refractivity contribution in [2.45, 2.75) is 92.9 Å². The first-order chi connectivity index (χ1) is 19.7. The molecule has 0 saturated heterocycles. The summed E-state index contributed by atoms with van der Waals surface area (Å²) in [6.45, 7) is 20.0. The normalized spacial score (nSPS) is 14.4. The second kappa shape index (κ2) is 12.4. The van der Waals surface area contributed by atoms with Gasteiger partial charge in [-0.05, 0) is 76.6 Å². The van der Waals surface area contributed by atoms with E-state index in [9.17, 15) is 10.2 Å². The SMILES string of the molecule is CCCC(c1cc(C(c2ccccc2)C(C)(C)C)c(O)cc1C)c1cc(C(c2ccccc2)C(C)(C)C)c(O)cc1C. The lowest BCUT2D eigenvalue weighted by atomic mass is 9.70. The molecule has 0 radical (unpaired) electrons. The number of phenolic OH excluding ortho intramolecular Hbond substituents is 2. The lowest BCUT2D eigenvalue weighted by Gasteiger charge is -2.34. The summed E-state index contributed by atoms with van der Waals surface area (Å²) in [5.41, 5.74) is 8.88. The maximum Gasteiger partial charge on any atom is 0.119 e. The average molecular weight is 563 g/mol. The Kier molecular flexibility index (Phi) is 9.26. The van der Waals surface area contributed by atoms with Gasteiger partial charge in [0.05, 0.1) is 0 Å². The number of rotatable bonds is 8. The smallest absolute Gasteiger partial charge is 0.119 e. The van der Waals surface area contributed by atoms with Gasteiger partial charge in [0.15, 0.2) is 0 Å². The first-order valence-electron chi connectivity index (χ1n) is 15.5. The van der Waals surface area contributed by atoms with Crippen LogP contribution in [0.3, 0.4) is 0 Å². The van der Waals surface area contributed by atoms with E-state index in [0.29, 0.717) is 11.5 Å². The molecule has 4 aromatic carbocycles. The van der Waals surface area contributed by atoms with Crippen LogP contribution in [0, 0.1) is 24.7 Å². The standard InChI is InChI=1S/C40H50O2/c1-10-17-30(31-24-33(35(41)22-26(31)2)37(39(4,5)6)28-18-13-11-14-19-28)32-25-34(36(42)23-27(32)3)38(40(7,8)9)29-20-15-12-16-21-29/h11-16,18-25,30,37-38,41-42H,10,17H2,1-9H3. The van der Waals surface area contributed by atoms with E-state index in [0.717, 1.165) is 35.1 Å². The summed E-state index contributed by atoms with van der Waals surface area (Å²) >= 11 is 0. The Bertz CT molecular complexity index is 1370. The van der Waals surface area contributed by atoms with Crippen molar-refractivity contribution >= 4 is 0 Å². The van der Waals surface area contributed by atoms with Crippen molar-refractivity contribution in [3.05, 3.63) is 129 Å². The van der Waals surface area contributed by atoms with Gasteiger partial charge in [-0.15, -0.1) is 0 Å². The van der Waals surface area contributed by atoms with Crippen LogP contribution in [-0.4, -0.2) is 10.2 Å². The summed E-state index contributed by atoms with van der Waals surface area (Å²) in [5, 5.41) is 22.8. The molecule has 0 fully saturated rings. The molecule has 0 spiro atoms. The Morgan fingerprint density at radius 3 is 1.21 bits per heavy atom. The zero-order valence-electron chi connectivity index (χ0n) is 27.1. The molecule has 0 heterocycles. The van der Waals surface area contributed by atoms with Crippen molar-refractivity contribution in [2.75, 3.05) is 0 Å². The van der Waals surface area contributed by atoms with Gasteiger partial charge in [-0.3, -0.25) is 0 Å². The number of hydrogen-bond acceptors (Lipinski definition) is 2. The second-order valence-electron chi connectivity index (χ2n) is 14.3. The third-order valence-corrected chi connectivity index (χ3v) is 8.78. The van der Waals surface area contributed by atoms with Crippen molar-refractivity contribution in [3.63, 3.8) is 0 Å². The highest BCUT2D eigenvalue weighted by atomic mass is 16.3. The maximum absolute atomic E-state index is 11.4. The Morgan fingerprint density at radius 2 is 0.905 bits per heavy atom. The van der Waals surface area contributed by atoms with E-state index in [-0.39, 0.29) is 28.6 Å². The number of hydrogen-bond donors (Lipinski definition) is 2. The fourth-order valence-electron chi connectivity index (χ4n) is 7.02. The highest BCUT2D eigenvalue weighted by Gasteiger charge is 2.33. The van der Waals surface area contributed by atoms with Crippen molar-refractivity contribution < 1.29 is 10.2 Å². The van der Waals surface area contributed by atoms with E-state index in [1.54, 1.807) is 0 Å². The second-order valence-corrected chi connectivity index (χ2v) is 14.3. The van der Waals surface area contributed by atoms with Gasteiger partial charge in [-0.25, -0.2) is 0 Å². The topological polar surface area (TPSA) is 40.5 Å². The number of benzene rings is 4. The summed E-state index contributed by atoms with van der Waals surface area (Å²) < 4.78 is 0. The van der Waals surface area contributed by atoms with Gasteiger partial charge in [-0.1, -0.05) is 128 Å². The van der Waals surface area contributed by atoms with Crippen molar-refractivity contribution in [1.29, 1.82) is 0 Å². The van der Waals surface area contributed by atoms with Crippen LogP contribution >= 0.6 is 0 Å². The van der Waals surface area contributed by atoms with Crippen molar-refractivity contribution in [3.8, 4) is 11.5 Å².